The Kier molecular flexibility index (Phi) is 4.74. The second kappa shape index (κ2) is 7.12. The zero-order valence-electron chi connectivity index (χ0n) is 13.6. The maximum absolute atomic E-state index is 10.9. The van der Waals surface area contributed by atoms with Crippen LogP contribution in [0, 0.1) is 10.1 Å². The molecule has 0 atom stereocenters. The van der Waals surface area contributed by atoms with Crippen molar-refractivity contribution >= 4 is 11.6 Å². The van der Waals surface area contributed by atoms with Gasteiger partial charge in [-0.15, -0.1) is 0 Å². The summed E-state index contributed by atoms with van der Waals surface area (Å²) < 4.78 is 0. The molecule has 0 fully saturated rings. The van der Waals surface area contributed by atoms with Crippen LogP contribution in [0.4, 0.5) is 5.69 Å². The van der Waals surface area contributed by atoms with E-state index in [4.69, 9.17) is 0 Å². The lowest BCUT2D eigenvalue weighted by molar-refractivity contribution is -0.384. The maximum atomic E-state index is 10.9. The van der Waals surface area contributed by atoms with E-state index < -0.39 is 0 Å². The highest BCUT2D eigenvalue weighted by Gasteiger charge is 2.18. The lowest BCUT2D eigenvalue weighted by Gasteiger charge is -2.31. The zero-order chi connectivity index (χ0) is 16.9. The first-order chi connectivity index (χ1) is 11.7. The fraction of sp³-hybridized carbons (Fsp3) is 0.278. The Morgan fingerprint density at radius 2 is 2.04 bits per heavy atom. The van der Waals surface area contributed by atoms with Crippen molar-refractivity contribution < 1.29 is 4.92 Å². The molecule has 1 N–H and O–H groups in total. The molecule has 0 spiro atoms. The molecule has 6 nitrogen and oxygen atoms in total. The van der Waals surface area contributed by atoms with Crippen LogP contribution in [0.1, 0.15) is 16.7 Å². The van der Waals surface area contributed by atoms with Gasteiger partial charge in [0.1, 0.15) is 0 Å². The Hall–Kier alpha value is -2.89. The number of hydrogen-bond donors (Lipinski definition) is 1. The van der Waals surface area contributed by atoms with Gasteiger partial charge in [0, 0.05) is 38.8 Å². The summed E-state index contributed by atoms with van der Waals surface area (Å²) in [6.07, 6.45) is 0.994. The van der Waals surface area contributed by atoms with Crippen LogP contribution in [0.3, 0.4) is 0 Å². The fourth-order valence-electron chi connectivity index (χ4n) is 2.97. The molecule has 2 aromatic rings. The summed E-state index contributed by atoms with van der Waals surface area (Å²) >= 11 is 0. The number of nitro benzene ring substituents is 1. The third kappa shape index (κ3) is 3.53. The molecular weight excluding hydrogens is 304 g/mol. The summed E-state index contributed by atoms with van der Waals surface area (Å²) in [7, 11) is 1.76. The number of guanidine groups is 1. The maximum Gasteiger partial charge on any atom is 0.269 e. The number of nitro groups is 1. The van der Waals surface area contributed by atoms with Crippen LogP contribution in [0.15, 0.2) is 53.5 Å². The summed E-state index contributed by atoms with van der Waals surface area (Å²) in [6.45, 7) is 2.24. The first-order valence-corrected chi connectivity index (χ1v) is 7.93. The van der Waals surface area contributed by atoms with E-state index in [2.05, 4.69) is 39.5 Å². The minimum Gasteiger partial charge on any atom is -0.352 e. The molecule has 0 amide bonds. The van der Waals surface area contributed by atoms with Crippen LogP contribution in [-0.4, -0.2) is 29.4 Å². The van der Waals surface area contributed by atoms with Crippen LogP contribution in [0.2, 0.25) is 0 Å². The van der Waals surface area contributed by atoms with Crippen molar-refractivity contribution in [1.29, 1.82) is 0 Å². The van der Waals surface area contributed by atoms with Crippen molar-refractivity contribution in [3.8, 4) is 0 Å². The molecule has 0 aliphatic carbocycles. The number of aliphatic imine (C=N–C) groups is 1. The molecule has 6 heteroatoms. The highest BCUT2D eigenvalue weighted by Crippen LogP contribution is 2.18. The number of benzene rings is 2. The highest BCUT2D eigenvalue weighted by atomic mass is 16.6. The van der Waals surface area contributed by atoms with E-state index in [1.54, 1.807) is 19.2 Å². The lowest BCUT2D eigenvalue weighted by atomic mass is 10.0. The first-order valence-electron chi connectivity index (χ1n) is 7.93. The molecule has 1 heterocycles. The third-order valence-corrected chi connectivity index (χ3v) is 4.21. The van der Waals surface area contributed by atoms with Crippen LogP contribution < -0.4 is 5.32 Å². The molecule has 0 saturated heterocycles. The molecule has 1 aliphatic heterocycles. The standard InChI is InChI=1S/C18H20N4O2/c1-19-18(20-12-14-5-4-8-17(11-14)22(23)24)21-10-9-15-6-2-3-7-16(15)13-21/h2-8,11H,9-10,12-13H2,1H3,(H,19,20). The number of rotatable bonds is 3. The third-order valence-electron chi connectivity index (χ3n) is 4.21. The van der Waals surface area contributed by atoms with E-state index in [0.717, 1.165) is 31.0 Å². The van der Waals surface area contributed by atoms with Crippen molar-refractivity contribution in [1.82, 2.24) is 10.2 Å². The second-order valence-corrected chi connectivity index (χ2v) is 5.77. The zero-order valence-corrected chi connectivity index (χ0v) is 13.6. The summed E-state index contributed by atoms with van der Waals surface area (Å²) in [6, 6.07) is 15.1. The topological polar surface area (TPSA) is 70.8 Å². The van der Waals surface area contributed by atoms with E-state index in [9.17, 15) is 10.1 Å². The minimum absolute atomic E-state index is 0.108. The van der Waals surface area contributed by atoms with Gasteiger partial charge in [-0.25, -0.2) is 0 Å². The van der Waals surface area contributed by atoms with Gasteiger partial charge >= 0.3 is 0 Å². The molecule has 3 rings (SSSR count). The summed E-state index contributed by atoms with van der Waals surface area (Å²) in [5.41, 5.74) is 3.68. The van der Waals surface area contributed by atoms with Crippen LogP contribution >= 0.6 is 0 Å². The molecule has 0 radical (unpaired) electrons. The summed E-state index contributed by atoms with van der Waals surface area (Å²) in [4.78, 5) is 17.1. The van der Waals surface area contributed by atoms with Crippen LogP contribution in [0.25, 0.3) is 0 Å². The minimum atomic E-state index is -0.375. The van der Waals surface area contributed by atoms with Gasteiger partial charge in [0.15, 0.2) is 5.96 Å². The van der Waals surface area contributed by atoms with Gasteiger partial charge in [0.25, 0.3) is 5.69 Å². The number of non-ortho nitro benzene ring substituents is 1. The Morgan fingerprint density at radius 3 is 2.79 bits per heavy atom. The molecular formula is C18H20N4O2. The van der Waals surface area contributed by atoms with Crippen molar-refractivity contribution in [2.24, 2.45) is 4.99 Å². The average molecular weight is 324 g/mol. The van der Waals surface area contributed by atoms with E-state index in [1.165, 1.54) is 17.2 Å². The molecule has 0 aromatic heterocycles. The molecule has 1 aliphatic rings. The Balaban J connectivity index is 1.66. The molecule has 0 unspecified atom stereocenters. The van der Waals surface area contributed by atoms with Gasteiger partial charge in [-0.2, -0.15) is 0 Å². The Bertz CT molecular complexity index is 773. The van der Waals surface area contributed by atoms with Crippen molar-refractivity contribution in [2.45, 2.75) is 19.5 Å². The Morgan fingerprint density at radius 1 is 1.25 bits per heavy atom. The van der Waals surface area contributed by atoms with Crippen LogP contribution in [0.5, 0.6) is 0 Å². The SMILES string of the molecule is CN=C(NCc1cccc([N+](=O)[O-])c1)N1CCc2ccccc2C1. The number of fused-ring (bicyclic) bond motifs is 1. The number of hydrogen-bond acceptors (Lipinski definition) is 3. The number of nitrogens with one attached hydrogen (secondary N) is 1. The fourth-order valence-corrected chi connectivity index (χ4v) is 2.97. The second-order valence-electron chi connectivity index (χ2n) is 5.77. The van der Waals surface area contributed by atoms with Crippen LogP contribution in [-0.2, 0) is 19.5 Å². The van der Waals surface area contributed by atoms with E-state index in [1.807, 2.05) is 6.07 Å². The normalized spacial score (nSPS) is 14.2. The number of nitrogens with zero attached hydrogens (tertiary/aromatic N) is 3. The van der Waals surface area contributed by atoms with Crippen molar-refractivity contribution in [3.05, 3.63) is 75.3 Å². The van der Waals surface area contributed by atoms with Gasteiger partial charge in [-0.05, 0) is 23.1 Å². The van der Waals surface area contributed by atoms with Crippen molar-refractivity contribution in [3.63, 3.8) is 0 Å². The largest absolute Gasteiger partial charge is 0.352 e. The van der Waals surface area contributed by atoms with Gasteiger partial charge in [-0.1, -0.05) is 36.4 Å². The Labute approximate surface area is 141 Å². The van der Waals surface area contributed by atoms with Gasteiger partial charge < -0.3 is 10.2 Å². The van der Waals surface area contributed by atoms with E-state index >= 15 is 0 Å². The summed E-state index contributed by atoms with van der Waals surface area (Å²) in [5, 5.41) is 14.2. The van der Waals surface area contributed by atoms with Gasteiger partial charge in [-0.3, -0.25) is 15.1 Å². The van der Waals surface area contributed by atoms with E-state index in [0.29, 0.717) is 6.54 Å². The lowest BCUT2D eigenvalue weighted by Crippen LogP contribution is -2.43. The highest BCUT2D eigenvalue weighted by molar-refractivity contribution is 5.80. The molecule has 0 saturated carbocycles. The molecule has 2 aromatic carbocycles. The molecule has 124 valence electrons. The van der Waals surface area contributed by atoms with Crippen molar-refractivity contribution in [2.75, 3.05) is 13.6 Å². The van der Waals surface area contributed by atoms with Gasteiger partial charge in [0.2, 0.25) is 0 Å². The summed E-state index contributed by atoms with van der Waals surface area (Å²) in [5.74, 6) is 0.816. The predicted molar refractivity (Wildman–Crippen MR) is 93.9 cm³/mol. The van der Waals surface area contributed by atoms with E-state index in [-0.39, 0.29) is 10.6 Å². The average Bonchev–Trinajstić information content (AvgIpc) is 2.62. The first kappa shape index (κ1) is 16.0. The smallest absolute Gasteiger partial charge is 0.269 e. The molecule has 24 heavy (non-hydrogen) atoms. The quantitative estimate of drug-likeness (QED) is 0.408. The predicted octanol–water partition coefficient (Wildman–Crippen LogP) is 2.73. The molecule has 0 bridgehead atoms. The monoisotopic (exact) mass is 324 g/mol. The van der Waals surface area contributed by atoms with Gasteiger partial charge in [0.05, 0.1) is 4.92 Å².